The SMILES string of the molecule is CN(C)c1ccc(/C=N/NC(=O)c2ncn[nH]2)cc1. The van der Waals surface area contributed by atoms with Crippen LogP contribution in [0.25, 0.3) is 0 Å². The number of amides is 1. The van der Waals surface area contributed by atoms with Crippen molar-refractivity contribution in [3.05, 3.63) is 42.0 Å². The highest BCUT2D eigenvalue weighted by Gasteiger charge is 2.05. The molecule has 0 spiro atoms. The van der Waals surface area contributed by atoms with E-state index in [0.717, 1.165) is 11.3 Å². The Morgan fingerprint density at radius 1 is 1.37 bits per heavy atom. The molecule has 1 heterocycles. The maximum Gasteiger partial charge on any atom is 0.308 e. The fraction of sp³-hybridized carbons (Fsp3) is 0.167. The van der Waals surface area contributed by atoms with Crippen LogP contribution in [0.15, 0.2) is 35.7 Å². The van der Waals surface area contributed by atoms with Gasteiger partial charge in [-0.25, -0.2) is 10.4 Å². The van der Waals surface area contributed by atoms with Gasteiger partial charge in [-0.15, -0.1) is 0 Å². The van der Waals surface area contributed by atoms with Gasteiger partial charge in [-0.2, -0.15) is 10.2 Å². The molecule has 98 valence electrons. The molecule has 2 rings (SSSR count). The van der Waals surface area contributed by atoms with Gasteiger partial charge in [0, 0.05) is 19.8 Å². The molecule has 0 fully saturated rings. The molecule has 0 radical (unpaired) electrons. The van der Waals surface area contributed by atoms with Crippen LogP contribution in [-0.4, -0.2) is 41.4 Å². The number of carbonyl (C=O) groups excluding carboxylic acids is 1. The van der Waals surface area contributed by atoms with Crippen molar-refractivity contribution in [3.63, 3.8) is 0 Å². The molecule has 0 saturated heterocycles. The number of carbonyl (C=O) groups is 1. The van der Waals surface area contributed by atoms with E-state index < -0.39 is 5.91 Å². The van der Waals surface area contributed by atoms with Crippen LogP contribution in [0, 0.1) is 0 Å². The number of aromatic amines is 1. The Balaban J connectivity index is 1.94. The Bertz CT molecular complexity index is 558. The van der Waals surface area contributed by atoms with E-state index in [4.69, 9.17) is 0 Å². The summed E-state index contributed by atoms with van der Waals surface area (Å²) >= 11 is 0. The lowest BCUT2D eigenvalue weighted by Gasteiger charge is -2.11. The van der Waals surface area contributed by atoms with E-state index in [0.29, 0.717) is 0 Å². The smallest absolute Gasteiger partial charge is 0.308 e. The van der Waals surface area contributed by atoms with Crippen molar-refractivity contribution < 1.29 is 4.79 Å². The van der Waals surface area contributed by atoms with Gasteiger partial charge >= 0.3 is 5.91 Å². The average molecular weight is 258 g/mol. The zero-order valence-corrected chi connectivity index (χ0v) is 10.7. The summed E-state index contributed by atoms with van der Waals surface area (Å²) in [4.78, 5) is 17.2. The highest BCUT2D eigenvalue weighted by molar-refractivity contribution is 5.91. The van der Waals surface area contributed by atoms with Crippen LogP contribution in [0.1, 0.15) is 16.2 Å². The summed E-state index contributed by atoms with van der Waals surface area (Å²) in [6.07, 6.45) is 2.83. The normalized spacial score (nSPS) is 10.6. The molecular formula is C12H14N6O. The van der Waals surface area contributed by atoms with E-state index in [-0.39, 0.29) is 5.82 Å². The van der Waals surface area contributed by atoms with Crippen LogP contribution in [0.5, 0.6) is 0 Å². The second kappa shape index (κ2) is 5.76. The Hall–Kier alpha value is -2.70. The molecule has 0 atom stereocenters. The summed E-state index contributed by atoms with van der Waals surface area (Å²) < 4.78 is 0. The Morgan fingerprint density at radius 2 is 2.11 bits per heavy atom. The summed E-state index contributed by atoms with van der Waals surface area (Å²) in [5.74, 6) is -0.307. The van der Waals surface area contributed by atoms with Crippen molar-refractivity contribution in [2.45, 2.75) is 0 Å². The van der Waals surface area contributed by atoms with Crippen LogP contribution in [0.4, 0.5) is 5.69 Å². The third-order valence-electron chi connectivity index (χ3n) is 2.42. The third kappa shape index (κ3) is 3.38. The first kappa shape index (κ1) is 12.7. The molecule has 0 aliphatic rings. The zero-order chi connectivity index (χ0) is 13.7. The summed E-state index contributed by atoms with van der Waals surface area (Å²) in [6.45, 7) is 0. The number of nitrogens with one attached hydrogen (secondary N) is 2. The number of H-pyrrole nitrogens is 1. The molecule has 0 aliphatic heterocycles. The predicted octanol–water partition coefficient (Wildman–Crippen LogP) is 0.635. The number of hydrazone groups is 1. The summed E-state index contributed by atoms with van der Waals surface area (Å²) in [6, 6.07) is 7.78. The van der Waals surface area contributed by atoms with E-state index in [2.05, 4.69) is 25.7 Å². The minimum atomic E-state index is -0.432. The van der Waals surface area contributed by atoms with E-state index >= 15 is 0 Å². The van der Waals surface area contributed by atoms with Crippen molar-refractivity contribution in [3.8, 4) is 0 Å². The summed E-state index contributed by atoms with van der Waals surface area (Å²) in [5, 5.41) is 9.88. The maximum atomic E-state index is 11.5. The maximum absolute atomic E-state index is 11.5. The van der Waals surface area contributed by atoms with E-state index in [9.17, 15) is 4.79 Å². The monoisotopic (exact) mass is 258 g/mol. The zero-order valence-electron chi connectivity index (χ0n) is 10.7. The Morgan fingerprint density at radius 3 is 2.68 bits per heavy atom. The Kier molecular flexibility index (Phi) is 3.87. The van der Waals surface area contributed by atoms with Crippen LogP contribution >= 0.6 is 0 Å². The van der Waals surface area contributed by atoms with E-state index in [1.54, 1.807) is 6.21 Å². The molecule has 0 bridgehead atoms. The highest BCUT2D eigenvalue weighted by Crippen LogP contribution is 2.10. The first-order valence-corrected chi connectivity index (χ1v) is 5.63. The molecule has 1 aromatic heterocycles. The van der Waals surface area contributed by atoms with Gasteiger partial charge < -0.3 is 4.90 Å². The van der Waals surface area contributed by atoms with Crippen LogP contribution in [0.2, 0.25) is 0 Å². The lowest BCUT2D eigenvalue weighted by molar-refractivity contribution is 0.0945. The highest BCUT2D eigenvalue weighted by atomic mass is 16.2. The van der Waals surface area contributed by atoms with Crippen molar-refractivity contribution >= 4 is 17.8 Å². The molecule has 0 unspecified atom stereocenters. The fourth-order valence-electron chi connectivity index (χ4n) is 1.39. The average Bonchev–Trinajstić information content (AvgIpc) is 2.93. The number of hydrogen-bond acceptors (Lipinski definition) is 5. The van der Waals surface area contributed by atoms with Crippen LogP contribution < -0.4 is 10.3 Å². The van der Waals surface area contributed by atoms with Gasteiger partial charge in [-0.05, 0) is 17.7 Å². The van der Waals surface area contributed by atoms with Crippen molar-refractivity contribution in [2.24, 2.45) is 5.10 Å². The second-order valence-corrected chi connectivity index (χ2v) is 4.02. The quantitative estimate of drug-likeness (QED) is 0.622. The number of nitrogens with zero attached hydrogens (tertiary/aromatic N) is 4. The minimum Gasteiger partial charge on any atom is -0.378 e. The van der Waals surface area contributed by atoms with Gasteiger partial charge in [0.1, 0.15) is 6.33 Å². The molecule has 1 aromatic carbocycles. The molecule has 1 amide bonds. The molecular weight excluding hydrogens is 244 g/mol. The molecule has 7 nitrogen and oxygen atoms in total. The number of hydrogen-bond donors (Lipinski definition) is 2. The van der Waals surface area contributed by atoms with Crippen LogP contribution in [0.3, 0.4) is 0 Å². The molecule has 19 heavy (non-hydrogen) atoms. The van der Waals surface area contributed by atoms with Crippen molar-refractivity contribution in [1.29, 1.82) is 0 Å². The summed E-state index contributed by atoms with van der Waals surface area (Å²) in [5.41, 5.74) is 4.35. The van der Waals surface area contributed by atoms with Crippen molar-refractivity contribution in [1.82, 2.24) is 20.6 Å². The third-order valence-corrected chi connectivity index (χ3v) is 2.42. The van der Waals surface area contributed by atoms with Gasteiger partial charge in [0.05, 0.1) is 6.21 Å². The number of rotatable bonds is 4. The van der Waals surface area contributed by atoms with Crippen LogP contribution in [-0.2, 0) is 0 Å². The van der Waals surface area contributed by atoms with E-state index in [1.807, 2.05) is 43.3 Å². The number of aromatic nitrogens is 3. The molecule has 2 aromatic rings. The standard InChI is InChI=1S/C12H14N6O/c1-18(2)10-5-3-9(4-6-10)7-14-17-12(19)11-13-8-15-16-11/h3-8H,1-2H3,(H,17,19)(H,13,15,16)/b14-7+. The Labute approximate surface area is 110 Å². The van der Waals surface area contributed by atoms with Gasteiger partial charge in [-0.3, -0.25) is 9.89 Å². The molecule has 2 N–H and O–H groups in total. The predicted molar refractivity (Wildman–Crippen MR) is 72.2 cm³/mol. The lowest BCUT2D eigenvalue weighted by Crippen LogP contribution is -2.19. The molecule has 7 heteroatoms. The largest absolute Gasteiger partial charge is 0.378 e. The topological polar surface area (TPSA) is 86.3 Å². The molecule has 0 aliphatic carbocycles. The van der Waals surface area contributed by atoms with Gasteiger partial charge in [0.2, 0.25) is 5.82 Å². The first-order valence-electron chi connectivity index (χ1n) is 5.63. The van der Waals surface area contributed by atoms with Gasteiger partial charge in [0.15, 0.2) is 0 Å². The van der Waals surface area contributed by atoms with Gasteiger partial charge in [-0.1, -0.05) is 12.1 Å². The fourth-order valence-corrected chi connectivity index (χ4v) is 1.39. The van der Waals surface area contributed by atoms with Crippen molar-refractivity contribution in [2.75, 3.05) is 19.0 Å². The minimum absolute atomic E-state index is 0.125. The number of anilines is 1. The van der Waals surface area contributed by atoms with Gasteiger partial charge in [0.25, 0.3) is 0 Å². The summed E-state index contributed by atoms with van der Waals surface area (Å²) in [7, 11) is 3.95. The van der Waals surface area contributed by atoms with E-state index in [1.165, 1.54) is 6.33 Å². The first-order chi connectivity index (χ1) is 9.16. The number of benzene rings is 1. The lowest BCUT2D eigenvalue weighted by atomic mass is 10.2. The molecule has 0 saturated carbocycles. The second-order valence-electron chi connectivity index (χ2n) is 4.02.